The number of carbonyl (C=O) groups excluding carboxylic acids is 1. The lowest BCUT2D eigenvalue weighted by Gasteiger charge is -2.26. The van der Waals surface area contributed by atoms with E-state index in [9.17, 15) is 4.79 Å². The maximum Gasteiger partial charge on any atom is 0.223 e. The summed E-state index contributed by atoms with van der Waals surface area (Å²) >= 11 is 0. The van der Waals surface area contributed by atoms with E-state index in [0.717, 1.165) is 30.8 Å². The van der Waals surface area contributed by atoms with Crippen molar-refractivity contribution in [2.75, 3.05) is 25.1 Å². The number of aromatic nitrogens is 1. The van der Waals surface area contributed by atoms with E-state index in [1.54, 1.807) is 7.11 Å². The number of methoxy groups -OCH3 is 1. The summed E-state index contributed by atoms with van der Waals surface area (Å²) in [4.78, 5) is 21.8. The third-order valence-corrected chi connectivity index (χ3v) is 5.79. The van der Waals surface area contributed by atoms with Gasteiger partial charge in [-0.25, -0.2) is 4.98 Å². The number of hydrogen-bond donors (Lipinski definition) is 0. The summed E-state index contributed by atoms with van der Waals surface area (Å²) in [6, 6.07) is 4.23. The van der Waals surface area contributed by atoms with Gasteiger partial charge in [0.15, 0.2) is 5.66 Å². The topological polar surface area (TPSA) is 70.4 Å². The van der Waals surface area contributed by atoms with Crippen LogP contribution in [-0.4, -0.2) is 53.8 Å². The van der Waals surface area contributed by atoms with Crippen molar-refractivity contribution in [1.29, 1.82) is 0 Å². The van der Waals surface area contributed by atoms with Crippen molar-refractivity contribution in [2.24, 2.45) is 10.2 Å². The number of terminal acetylenes is 1. The van der Waals surface area contributed by atoms with Gasteiger partial charge in [-0.05, 0) is 12.5 Å². The average molecular weight is 367 g/mol. The van der Waals surface area contributed by atoms with Crippen LogP contribution in [0.4, 0.5) is 5.82 Å². The predicted molar refractivity (Wildman–Crippen MR) is 101 cm³/mol. The fourth-order valence-corrected chi connectivity index (χ4v) is 4.14. The molecule has 0 unspecified atom stereocenters. The zero-order chi connectivity index (χ0) is 18.9. The Morgan fingerprint density at radius 1 is 1.41 bits per heavy atom. The standard InChI is InChI=1S/C20H25N5O2/c1-3-4-8-20(22-23-20)9-7-18(26)24-12-15-6-5-10-21-19(15)25-14-17(27-2)11-16(25)13-24/h1,5-6,10,16-17H,4,7-9,11-14H2,2H3/t16-,17-/m1/s1. The number of amides is 1. The minimum absolute atomic E-state index is 0.143. The first-order valence-corrected chi connectivity index (χ1v) is 9.53. The Bertz CT molecular complexity index is 781. The van der Waals surface area contributed by atoms with Gasteiger partial charge in [0.25, 0.3) is 0 Å². The Labute approximate surface area is 159 Å². The highest BCUT2D eigenvalue weighted by Gasteiger charge is 2.41. The van der Waals surface area contributed by atoms with E-state index in [-0.39, 0.29) is 18.1 Å². The van der Waals surface area contributed by atoms with E-state index < -0.39 is 5.66 Å². The van der Waals surface area contributed by atoms with Gasteiger partial charge in [0.1, 0.15) is 5.82 Å². The first-order valence-electron chi connectivity index (χ1n) is 9.53. The van der Waals surface area contributed by atoms with Gasteiger partial charge in [-0.2, -0.15) is 10.2 Å². The first-order chi connectivity index (χ1) is 13.1. The zero-order valence-corrected chi connectivity index (χ0v) is 15.7. The van der Waals surface area contributed by atoms with E-state index >= 15 is 0 Å². The third kappa shape index (κ3) is 3.67. The largest absolute Gasteiger partial charge is 0.380 e. The summed E-state index contributed by atoms with van der Waals surface area (Å²) in [6.07, 6.45) is 10.7. The van der Waals surface area contributed by atoms with E-state index in [2.05, 4.69) is 32.1 Å². The molecule has 27 heavy (non-hydrogen) atoms. The minimum atomic E-state index is -0.409. The monoisotopic (exact) mass is 367 g/mol. The number of ether oxygens (including phenoxy) is 1. The van der Waals surface area contributed by atoms with Crippen LogP contribution >= 0.6 is 0 Å². The van der Waals surface area contributed by atoms with Crippen LogP contribution in [0.25, 0.3) is 0 Å². The van der Waals surface area contributed by atoms with Crippen LogP contribution in [-0.2, 0) is 16.1 Å². The molecule has 4 rings (SSSR count). The molecule has 4 heterocycles. The van der Waals surface area contributed by atoms with Crippen LogP contribution in [0.5, 0.6) is 0 Å². The Kier molecular flexibility index (Phi) is 4.83. The molecule has 0 saturated carbocycles. The summed E-state index contributed by atoms with van der Waals surface area (Å²) in [5.41, 5.74) is 0.682. The fraction of sp³-hybridized carbons (Fsp3) is 0.600. The van der Waals surface area contributed by atoms with E-state index in [1.165, 1.54) is 0 Å². The van der Waals surface area contributed by atoms with Crippen LogP contribution in [0.1, 0.15) is 37.7 Å². The second-order valence-corrected chi connectivity index (χ2v) is 7.55. The number of pyridine rings is 1. The lowest BCUT2D eigenvalue weighted by atomic mass is 10.0. The van der Waals surface area contributed by atoms with Crippen molar-refractivity contribution < 1.29 is 9.53 Å². The van der Waals surface area contributed by atoms with Crippen molar-refractivity contribution in [2.45, 2.75) is 56.5 Å². The van der Waals surface area contributed by atoms with Crippen LogP contribution in [0.15, 0.2) is 28.6 Å². The van der Waals surface area contributed by atoms with Crippen molar-refractivity contribution in [1.82, 2.24) is 9.88 Å². The van der Waals surface area contributed by atoms with Crippen molar-refractivity contribution in [3.63, 3.8) is 0 Å². The van der Waals surface area contributed by atoms with Gasteiger partial charge in [-0.3, -0.25) is 4.79 Å². The highest BCUT2D eigenvalue weighted by molar-refractivity contribution is 5.77. The van der Waals surface area contributed by atoms with Gasteiger partial charge in [0.2, 0.25) is 5.91 Å². The maximum absolute atomic E-state index is 13.0. The van der Waals surface area contributed by atoms with Crippen LogP contribution in [0.3, 0.4) is 0 Å². The van der Waals surface area contributed by atoms with Gasteiger partial charge in [0.05, 0.1) is 12.1 Å². The Hall–Kier alpha value is -2.46. The van der Waals surface area contributed by atoms with Crippen LogP contribution in [0.2, 0.25) is 0 Å². The molecule has 1 amide bonds. The summed E-state index contributed by atoms with van der Waals surface area (Å²) in [5.74, 6) is 3.75. The van der Waals surface area contributed by atoms with E-state index in [1.807, 2.05) is 17.2 Å². The molecule has 0 radical (unpaired) electrons. The molecule has 1 aromatic heterocycles. The molecule has 2 atom stereocenters. The molecule has 142 valence electrons. The molecule has 1 saturated heterocycles. The molecule has 0 spiro atoms. The number of fused-ring (bicyclic) bond motifs is 3. The van der Waals surface area contributed by atoms with Crippen LogP contribution < -0.4 is 4.90 Å². The number of carbonyl (C=O) groups is 1. The fourth-order valence-electron chi connectivity index (χ4n) is 4.14. The molecule has 0 bridgehead atoms. The summed E-state index contributed by atoms with van der Waals surface area (Å²) in [5, 5.41) is 8.28. The molecule has 0 N–H and O–H groups in total. The average Bonchev–Trinajstić information content (AvgIpc) is 3.39. The quantitative estimate of drug-likeness (QED) is 0.724. The SMILES string of the molecule is C#CCCC1(CCC(=O)N2Cc3cccnc3N3C[C@H](OC)C[C@@H]3C2)N=N1. The summed E-state index contributed by atoms with van der Waals surface area (Å²) in [6.45, 7) is 2.11. The van der Waals surface area contributed by atoms with Crippen molar-refractivity contribution in [3.05, 3.63) is 23.9 Å². The Balaban J connectivity index is 1.46. The third-order valence-electron chi connectivity index (χ3n) is 5.79. The van der Waals surface area contributed by atoms with Gasteiger partial charge in [0, 0.05) is 64.2 Å². The molecule has 7 nitrogen and oxygen atoms in total. The van der Waals surface area contributed by atoms with Crippen LogP contribution in [0, 0.1) is 12.3 Å². The predicted octanol–water partition coefficient (Wildman–Crippen LogP) is 2.37. The minimum Gasteiger partial charge on any atom is -0.380 e. The smallest absolute Gasteiger partial charge is 0.223 e. The molecule has 1 fully saturated rings. The van der Waals surface area contributed by atoms with Gasteiger partial charge in [-0.1, -0.05) is 6.07 Å². The molecule has 0 aromatic carbocycles. The lowest BCUT2D eigenvalue weighted by Crippen LogP contribution is -2.40. The number of anilines is 1. The second-order valence-electron chi connectivity index (χ2n) is 7.55. The summed E-state index contributed by atoms with van der Waals surface area (Å²) in [7, 11) is 1.75. The molecule has 1 aromatic rings. The molecule has 0 aliphatic carbocycles. The first kappa shape index (κ1) is 17.9. The Morgan fingerprint density at radius 2 is 2.26 bits per heavy atom. The number of hydrogen-bond acceptors (Lipinski definition) is 6. The zero-order valence-electron chi connectivity index (χ0n) is 15.7. The maximum atomic E-state index is 13.0. The van der Waals surface area contributed by atoms with Gasteiger partial charge < -0.3 is 14.5 Å². The Morgan fingerprint density at radius 3 is 3.00 bits per heavy atom. The summed E-state index contributed by atoms with van der Waals surface area (Å²) < 4.78 is 5.58. The molecular weight excluding hydrogens is 342 g/mol. The molecular formula is C20H25N5O2. The highest BCUT2D eigenvalue weighted by atomic mass is 16.5. The highest BCUT2D eigenvalue weighted by Crippen LogP contribution is 2.38. The lowest BCUT2D eigenvalue weighted by molar-refractivity contribution is -0.132. The van der Waals surface area contributed by atoms with Gasteiger partial charge >= 0.3 is 0 Å². The molecule has 7 heteroatoms. The molecule has 3 aliphatic rings. The number of nitrogens with zero attached hydrogens (tertiary/aromatic N) is 5. The second kappa shape index (κ2) is 7.28. The van der Waals surface area contributed by atoms with E-state index in [0.29, 0.717) is 32.4 Å². The number of rotatable bonds is 6. The van der Waals surface area contributed by atoms with Gasteiger partial charge in [-0.15, -0.1) is 12.3 Å². The van der Waals surface area contributed by atoms with E-state index in [4.69, 9.17) is 11.2 Å². The molecule has 3 aliphatic heterocycles. The van der Waals surface area contributed by atoms with Crippen molar-refractivity contribution in [3.8, 4) is 12.3 Å². The normalized spacial score (nSPS) is 24.7. The van der Waals surface area contributed by atoms with Crippen molar-refractivity contribution >= 4 is 11.7 Å².